The fraction of sp³-hybridized carbons (Fsp3) is 0. The summed E-state index contributed by atoms with van der Waals surface area (Å²) in [4.78, 5) is 0. The average molecular weight is 667 g/mol. The molecule has 0 aliphatic heterocycles. The maximum absolute atomic E-state index is 2.49. The molecule has 0 radical (unpaired) electrons. The molecule has 0 N–H and O–H groups in total. The van der Waals surface area contributed by atoms with Crippen LogP contribution in [-0.4, -0.2) is 9.13 Å². The summed E-state index contributed by atoms with van der Waals surface area (Å²) in [5, 5.41) is 7.71. The average Bonchev–Trinajstić information content (AvgIpc) is 3.86. The van der Waals surface area contributed by atoms with E-state index in [9.17, 15) is 0 Å². The van der Waals surface area contributed by atoms with E-state index >= 15 is 0 Å². The predicted molar refractivity (Wildman–Crippen MR) is 219 cm³/mol. The van der Waals surface area contributed by atoms with Gasteiger partial charge in [0.25, 0.3) is 0 Å². The van der Waals surface area contributed by atoms with Crippen LogP contribution in [0, 0.1) is 0 Å². The van der Waals surface area contributed by atoms with Crippen molar-refractivity contribution < 1.29 is 0 Å². The summed E-state index contributed by atoms with van der Waals surface area (Å²) in [7, 11) is 0. The van der Waals surface area contributed by atoms with E-state index in [1.54, 1.807) is 0 Å². The molecule has 51 heavy (non-hydrogen) atoms. The molecule has 0 aliphatic carbocycles. The number of thiophene rings is 1. The largest absolute Gasteiger partial charge is 0.309 e. The lowest BCUT2D eigenvalue weighted by atomic mass is 10.0. The number of rotatable bonds is 4. The monoisotopic (exact) mass is 666 g/mol. The Hall–Kier alpha value is -6.42. The van der Waals surface area contributed by atoms with Crippen molar-refractivity contribution in [2.24, 2.45) is 0 Å². The van der Waals surface area contributed by atoms with E-state index in [-0.39, 0.29) is 0 Å². The summed E-state index contributed by atoms with van der Waals surface area (Å²) in [6.07, 6.45) is 0. The van der Waals surface area contributed by atoms with Crippen molar-refractivity contribution in [2.45, 2.75) is 0 Å². The summed E-state index contributed by atoms with van der Waals surface area (Å²) in [6.45, 7) is 0. The first-order chi connectivity index (χ1) is 25.3. The van der Waals surface area contributed by atoms with Gasteiger partial charge >= 0.3 is 0 Å². The molecule has 0 unspecified atom stereocenters. The number of benzene rings is 8. The molecule has 0 spiro atoms. The minimum absolute atomic E-state index is 1.17. The third-order valence-corrected chi connectivity index (χ3v) is 11.7. The minimum atomic E-state index is 1.17. The van der Waals surface area contributed by atoms with Crippen LogP contribution in [0.5, 0.6) is 0 Å². The van der Waals surface area contributed by atoms with Crippen molar-refractivity contribution in [2.75, 3.05) is 0 Å². The first kappa shape index (κ1) is 28.4. The highest BCUT2D eigenvalue weighted by molar-refractivity contribution is 7.26. The second kappa shape index (κ2) is 11.0. The van der Waals surface area contributed by atoms with Gasteiger partial charge in [-0.25, -0.2) is 0 Å². The van der Waals surface area contributed by atoms with Crippen molar-refractivity contribution >= 4 is 75.1 Å². The van der Waals surface area contributed by atoms with Gasteiger partial charge < -0.3 is 9.13 Å². The molecule has 11 aromatic rings. The molecule has 0 saturated carbocycles. The SMILES string of the molecule is c1ccc(-c2ccc(-n3c4ccccc4c4ccc5c(sc6ccc7c8ccccc8n(-c8cccc(-c9ccccc9)c8)c7c65)c43)cc2)cc1. The lowest BCUT2D eigenvalue weighted by molar-refractivity contribution is 1.19. The van der Waals surface area contributed by atoms with Crippen LogP contribution >= 0.6 is 11.3 Å². The molecular formula is C48H30N2S. The Labute approximate surface area is 298 Å². The quantitative estimate of drug-likeness (QED) is 0.177. The predicted octanol–water partition coefficient (Wildman–Crippen LogP) is 13.6. The molecule has 3 heterocycles. The molecule has 0 amide bonds. The summed E-state index contributed by atoms with van der Waals surface area (Å²) >= 11 is 1.91. The number of aromatic nitrogens is 2. The van der Waals surface area contributed by atoms with E-state index in [2.05, 4.69) is 191 Å². The normalized spacial score (nSPS) is 11.9. The molecule has 3 aromatic heterocycles. The summed E-state index contributed by atoms with van der Waals surface area (Å²) in [6, 6.07) is 66.4. The molecule has 0 saturated heterocycles. The van der Waals surface area contributed by atoms with Gasteiger partial charge in [0.05, 0.1) is 26.8 Å². The Bertz CT molecular complexity index is 3110. The Kier molecular flexibility index (Phi) is 6.16. The van der Waals surface area contributed by atoms with Gasteiger partial charge in [0.15, 0.2) is 0 Å². The Morgan fingerprint density at radius 1 is 0.333 bits per heavy atom. The Balaban J connectivity index is 1.22. The highest BCUT2D eigenvalue weighted by atomic mass is 32.1. The lowest BCUT2D eigenvalue weighted by Gasteiger charge is -2.11. The maximum atomic E-state index is 2.49. The smallest absolute Gasteiger partial charge is 0.0719 e. The third kappa shape index (κ3) is 4.22. The van der Waals surface area contributed by atoms with Gasteiger partial charge in [0.1, 0.15) is 0 Å². The number of para-hydroxylation sites is 2. The minimum Gasteiger partial charge on any atom is -0.309 e. The molecule has 0 aliphatic rings. The van der Waals surface area contributed by atoms with Crippen LogP contribution in [0.1, 0.15) is 0 Å². The fourth-order valence-corrected chi connectivity index (χ4v) is 9.49. The van der Waals surface area contributed by atoms with Crippen LogP contribution in [0.4, 0.5) is 0 Å². The van der Waals surface area contributed by atoms with E-state index in [1.807, 2.05) is 11.3 Å². The van der Waals surface area contributed by atoms with E-state index in [4.69, 9.17) is 0 Å². The van der Waals surface area contributed by atoms with Gasteiger partial charge in [-0.1, -0.05) is 140 Å². The number of hydrogen-bond acceptors (Lipinski definition) is 1. The van der Waals surface area contributed by atoms with Crippen molar-refractivity contribution in [3.8, 4) is 33.6 Å². The van der Waals surface area contributed by atoms with Gasteiger partial charge in [-0.15, -0.1) is 11.3 Å². The zero-order valence-electron chi connectivity index (χ0n) is 27.6. The highest BCUT2D eigenvalue weighted by Gasteiger charge is 2.22. The van der Waals surface area contributed by atoms with Crippen molar-refractivity contribution in [1.29, 1.82) is 0 Å². The first-order valence-corrected chi connectivity index (χ1v) is 18.3. The topological polar surface area (TPSA) is 9.86 Å². The zero-order chi connectivity index (χ0) is 33.5. The van der Waals surface area contributed by atoms with E-state index in [1.165, 1.54) is 97.4 Å². The van der Waals surface area contributed by atoms with Gasteiger partial charge in [-0.2, -0.15) is 0 Å². The summed E-state index contributed by atoms with van der Waals surface area (Å²) in [5.41, 5.74) is 12.2. The highest BCUT2D eigenvalue weighted by Crippen LogP contribution is 2.47. The van der Waals surface area contributed by atoms with Crippen LogP contribution < -0.4 is 0 Å². The van der Waals surface area contributed by atoms with E-state index < -0.39 is 0 Å². The van der Waals surface area contributed by atoms with E-state index in [0.29, 0.717) is 0 Å². The molecule has 0 fully saturated rings. The molecule has 0 bridgehead atoms. The standard InChI is InChI=1S/C48H30N2S/c1-3-12-31(13-4-1)33-22-24-35(25-23-33)49-42-20-9-8-19-38(42)40-26-27-41-45-44(51-48(41)47(40)49)29-28-39-37-18-7-10-21-43(37)50(46(39)45)36-17-11-16-34(30-36)32-14-5-2-6-15-32/h1-30H. The molecule has 3 heteroatoms. The molecule has 0 atom stereocenters. The Morgan fingerprint density at radius 2 is 0.863 bits per heavy atom. The summed E-state index contributed by atoms with van der Waals surface area (Å²) in [5.74, 6) is 0. The second-order valence-electron chi connectivity index (χ2n) is 13.3. The second-order valence-corrected chi connectivity index (χ2v) is 14.4. The Morgan fingerprint density at radius 3 is 1.57 bits per heavy atom. The van der Waals surface area contributed by atoms with Gasteiger partial charge in [0, 0.05) is 48.4 Å². The van der Waals surface area contributed by atoms with Crippen molar-refractivity contribution in [1.82, 2.24) is 9.13 Å². The summed E-state index contributed by atoms with van der Waals surface area (Å²) < 4.78 is 7.58. The number of fused-ring (bicyclic) bond motifs is 11. The molecular weight excluding hydrogens is 637 g/mol. The third-order valence-electron chi connectivity index (χ3n) is 10.5. The molecule has 2 nitrogen and oxygen atoms in total. The van der Waals surface area contributed by atoms with E-state index in [0.717, 1.165) is 0 Å². The maximum Gasteiger partial charge on any atom is 0.0719 e. The number of nitrogens with zero attached hydrogens (tertiary/aromatic N) is 2. The van der Waals surface area contributed by atoms with Crippen molar-refractivity contribution in [3.05, 3.63) is 182 Å². The fourth-order valence-electron chi connectivity index (χ4n) is 8.25. The van der Waals surface area contributed by atoms with Gasteiger partial charge in [-0.3, -0.25) is 0 Å². The number of hydrogen-bond donors (Lipinski definition) is 0. The van der Waals surface area contributed by atoms with Crippen LogP contribution in [0.2, 0.25) is 0 Å². The molecule has 8 aromatic carbocycles. The lowest BCUT2D eigenvalue weighted by Crippen LogP contribution is -1.95. The van der Waals surface area contributed by atoms with Crippen molar-refractivity contribution in [3.63, 3.8) is 0 Å². The first-order valence-electron chi connectivity index (χ1n) is 17.4. The molecule has 238 valence electrons. The van der Waals surface area contributed by atoms with Crippen LogP contribution in [-0.2, 0) is 0 Å². The van der Waals surface area contributed by atoms with Gasteiger partial charge in [-0.05, 0) is 64.7 Å². The van der Waals surface area contributed by atoms with Crippen LogP contribution in [0.3, 0.4) is 0 Å². The van der Waals surface area contributed by atoms with Crippen LogP contribution in [0.15, 0.2) is 182 Å². The molecule has 11 rings (SSSR count). The zero-order valence-corrected chi connectivity index (χ0v) is 28.4. The van der Waals surface area contributed by atoms with Gasteiger partial charge in [0.2, 0.25) is 0 Å². The van der Waals surface area contributed by atoms with Crippen LogP contribution in [0.25, 0.3) is 97.4 Å².